The predicted molar refractivity (Wildman–Crippen MR) is 129 cm³/mol. The second kappa shape index (κ2) is 23.4. The number of Topliss-reactive ketones (excluding diaryl/α,β-unsaturated/α-hetero) is 1. The summed E-state index contributed by atoms with van der Waals surface area (Å²) in [6, 6.07) is -0.334. The van der Waals surface area contributed by atoms with Gasteiger partial charge in [0.05, 0.1) is 6.04 Å². The molecule has 180 valence electrons. The maximum absolute atomic E-state index is 12.2. The number of ether oxygens (including phenoxy) is 1. The van der Waals surface area contributed by atoms with Gasteiger partial charge in [0.15, 0.2) is 5.78 Å². The van der Waals surface area contributed by atoms with Crippen molar-refractivity contribution in [1.82, 2.24) is 10.2 Å². The molecular formula is C24H50N2O4. The molecule has 30 heavy (non-hydrogen) atoms. The Labute approximate surface area is 187 Å². The average Bonchev–Trinajstić information content (AvgIpc) is 3.30. The number of amides is 2. The fraction of sp³-hybridized carbons (Fsp3) is 0.792. The molecule has 2 amide bonds. The molecule has 1 saturated heterocycles. The first-order valence-electron chi connectivity index (χ1n) is 11.7. The van der Waals surface area contributed by atoms with Crippen LogP contribution in [0.3, 0.4) is 0 Å². The van der Waals surface area contributed by atoms with Gasteiger partial charge >= 0.3 is 6.09 Å². The maximum atomic E-state index is 12.2. The molecule has 0 radical (unpaired) electrons. The van der Waals surface area contributed by atoms with Crippen LogP contribution in [0.5, 0.6) is 0 Å². The van der Waals surface area contributed by atoms with Crippen molar-refractivity contribution in [3.63, 3.8) is 0 Å². The van der Waals surface area contributed by atoms with Crippen molar-refractivity contribution in [2.45, 2.75) is 112 Å². The molecule has 6 nitrogen and oxygen atoms in total. The van der Waals surface area contributed by atoms with Gasteiger partial charge in [-0.1, -0.05) is 48.0 Å². The van der Waals surface area contributed by atoms with E-state index in [-0.39, 0.29) is 31.8 Å². The predicted octanol–water partition coefficient (Wildman–Crippen LogP) is 6.14. The van der Waals surface area contributed by atoms with Crippen molar-refractivity contribution >= 4 is 17.8 Å². The molecule has 0 spiro atoms. The van der Waals surface area contributed by atoms with Gasteiger partial charge in [0, 0.05) is 7.97 Å². The van der Waals surface area contributed by atoms with Crippen LogP contribution in [0.1, 0.15) is 101 Å². The van der Waals surface area contributed by atoms with Gasteiger partial charge in [0.2, 0.25) is 5.91 Å². The van der Waals surface area contributed by atoms with E-state index in [1.165, 1.54) is 13.3 Å². The Balaban J connectivity index is -0.000000321. The Morgan fingerprint density at radius 1 is 0.967 bits per heavy atom. The number of hydrogen-bond donors (Lipinski definition) is 1. The highest BCUT2D eigenvalue weighted by Gasteiger charge is 2.30. The van der Waals surface area contributed by atoms with Crippen LogP contribution >= 0.6 is 0 Å². The molecule has 0 bridgehead atoms. The van der Waals surface area contributed by atoms with Crippen molar-refractivity contribution in [1.29, 1.82) is 0 Å². The zero-order valence-corrected chi connectivity index (χ0v) is 20.7. The molecule has 0 aromatic heterocycles. The number of nitrogens with zero attached hydrogens (tertiary/aromatic N) is 1. The molecule has 2 fully saturated rings. The Morgan fingerprint density at radius 2 is 1.43 bits per heavy atom. The summed E-state index contributed by atoms with van der Waals surface area (Å²) in [5.74, 6) is -0.199. The van der Waals surface area contributed by atoms with E-state index in [0.29, 0.717) is 13.0 Å². The Hall–Kier alpha value is -1.85. The van der Waals surface area contributed by atoms with Gasteiger partial charge in [0.25, 0.3) is 0 Å². The Bertz CT molecular complexity index is 441. The van der Waals surface area contributed by atoms with Gasteiger partial charge < -0.3 is 15.0 Å². The first-order valence-corrected chi connectivity index (χ1v) is 11.7. The lowest BCUT2D eigenvalue weighted by molar-refractivity contribution is -0.139. The minimum absolute atomic E-state index is 0. The van der Waals surface area contributed by atoms with Crippen molar-refractivity contribution < 1.29 is 20.5 Å². The topological polar surface area (TPSA) is 75.7 Å². The smallest absolute Gasteiger partial charge is 0.407 e. The van der Waals surface area contributed by atoms with Gasteiger partial charge in [-0.25, -0.2) is 4.79 Å². The van der Waals surface area contributed by atoms with Crippen molar-refractivity contribution in [3.8, 4) is 0 Å². The van der Waals surface area contributed by atoms with E-state index in [9.17, 15) is 14.4 Å². The molecule has 1 N–H and O–H groups in total. The number of carbonyl (C=O) groups excluding carboxylic acids is 3. The SMILES string of the molecule is C=C.CC.CC.CC(=O)[C@@H]1CCCCN1C(=O)CNC(=O)OC1CCCC1.CCC.[HH]. The number of carbonyl (C=O) groups is 3. The molecule has 2 aliphatic rings. The third kappa shape index (κ3) is 15.1. The molecule has 1 aliphatic heterocycles. The fourth-order valence-electron chi connectivity index (χ4n) is 3.10. The van der Waals surface area contributed by atoms with Gasteiger partial charge in [-0.05, 0) is 51.9 Å². The van der Waals surface area contributed by atoms with Crippen LogP contribution in [0.15, 0.2) is 13.2 Å². The highest BCUT2D eigenvalue weighted by Crippen LogP contribution is 2.21. The van der Waals surface area contributed by atoms with Crippen LogP contribution in [0.2, 0.25) is 0 Å². The van der Waals surface area contributed by atoms with E-state index >= 15 is 0 Å². The lowest BCUT2D eigenvalue weighted by atomic mass is 9.99. The monoisotopic (exact) mass is 430 g/mol. The summed E-state index contributed by atoms with van der Waals surface area (Å²) in [6.07, 6.45) is 7.27. The van der Waals surface area contributed by atoms with Crippen molar-refractivity contribution in [3.05, 3.63) is 13.2 Å². The minimum atomic E-state index is -0.536. The molecule has 0 unspecified atom stereocenters. The third-order valence-electron chi connectivity index (χ3n) is 4.25. The third-order valence-corrected chi connectivity index (χ3v) is 4.25. The molecular weight excluding hydrogens is 380 g/mol. The molecule has 1 heterocycles. The minimum Gasteiger partial charge on any atom is -0.446 e. The number of hydrogen-bond acceptors (Lipinski definition) is 4. The van der Waals surface area contributed by atoms with E-state index in [1.54, 1.807) is 4.90 Å². The van der Waals surface area contributed by atoms with Crippen molar-refractivity contribution in [2.75, 3.05) is 13.1 Å². The zero-order valence-electron chi connectivity index (χ0n) is 20.7. The van der Waals surface area contributed by atoms with Crippen LogP contribution in [0, 0.1) is 0 Å². The maximum Gasteiger partial charge on any atom is 0.407 e. The summed E-state index contributed by atoms with van der Waals surface area (Å²) < 4.78 is 5.24. The van der Waals surface area contributed by atoms with Gasteiger partial charge in [-0.15, -0.1) is 13.2 Å². The standard InChI is InChI=1S/C15H24N2O4.C3H8.2C2H6.C2H4.H2/c1-11(18)13-8-4-5-9-17(13)14(19)10-16-15(20)21-12-6-2-3-7-12;1-3-2;3*1-2;/h12-13H,2-10H2,1H3,(H,16,20);3H2,1-2H3;2*1-2H3;1-2H2;1H/t13-;;;;;/m0...../s1. The lowest BCUT2D eigenvalue weighted by Crippen LogP contribution is -2.50. The van der Waals surface area contributed by atoms with E-state index < -0.39 is 6.09 Å². The number of likely N-dealkylation sites (tertiary alicyclic amines) is 1. The van der Waals surface area contributed by atoms with Crippen LogP contribution in [-0.4, -0.2) is 47.9 Å². The summed E-state index contributed by atoms with van der Waals surface area (Å²) in [5.41, 5.74) is 0. The zero-order chi connectivity index (χ0) is 23.9. The highest BCUT2D eigenvalue weighted by atomic mass is 16.6. The normalized spacial score (nSPS) is 17.2. The molecule has 6 heteroatoms. The first-order chi connectivity index (χ1) is 14.5. The Kier molecular flexibility index (Phi) is 25.6. The summed E-state index contributed by atoms with van der Waals surface area (Å²) in [5, 5.41) is 2.50. The van der Waals surface area contributed by atoms with Crippen LogP contribution in [0.25, 0.3) is 0 Å². The van der Waals surface area contributed by atoms with Gasteiger partial charge in [-0.2, -0.15) is 0 Å². The highest BCUT2D eigenvalue weighted by molar-refractivity contribution is 5.89. The second-order valence-electron chi connectivity index (χ2n) is 6.58. The van der Waals surface area contributed by atoms with Crippen LogP contribution in [-0.2, 0) is 14.3 Å². The molecule has 2 rings (SSSR count). The number of nitrogens with one attached hydrogen (secondary N) is 1. The summed E-state index contributed by atoms with van der Waals surface area (Å²) in [4.78, 5) is 36.9. The number of alkyl carbamates (subject to hydrolysis) is 1. The van der Waals surface area contributed by atoms with Gasteiger partial charge in [-0.3, -0.25) is 9.59 Å². The number of rotatable bonds is 4. The summed E-state index contributed by atoms with van der Waals surface area (Å²) >= 11 is 0. The van der Waals surface area contributed by atoms with Crippen LogP contribution in [0.4, 0.5) is 4.79 Å². The van der Waals surface area contributed by atoms with Crippen LogP contribution < -0.4 is 5.32 Å². The fourth-order valence-corrected chi connectivity index (χ4v) is 3.10. The van der Waals surface area contributed by atoms with E-state index in [4.69, 9.17) is 4.74 Å². The summed E-state index contributed by atoms with van der Waals surface area (Å²) in [7, 11) is 0. The van der Waals surface area contributed by atoms with E-state index in [2.05, 4.69) is 32.3 Å². The largest absolute Gasteiger partial charge is 0.446 e. The number of piperidine rings is 1. The second-order valence-corrected chi connectivity index (χ2v) is 6.58. The average molecular weight is 431 g/mol. The molecule has 1 saturated carbocycles. The van der Waals surface area contributed by atoms with Crippen molar-refractivity contribution in [2.24, 2.45) is 0 Å². The summed E-state index contributed by atoms with van der Waals surface area (Å²) in [6.45, 7) is 20.2. The molecule has 0 aromatic carbocycles. The molecule has 1 aliphatic carbocycles. The van der Waals surface area contributed by atoms with Gasteiger partial charge in [0.1, 0.15) is 12.6 Å². The van der Waals surface area contributed by atoms with E-state index in [0.717, 1.165) is 38.5 Å². The molecule has 0 aromatic rings. The number of ketones is 1. The quantitative estimate of drug-likeness (QED) is 0.543. The van der Waals surface area contributed by atoms with E-state index in [1.807, 2.05) is 27.7 Å². The Morgan fingerprint density at radius 3 is 1.90 bits per heavy atom. The lowest BCUT2D eigenvalue weighted by Gasteiger charge is -2.34. The molecule has 1 atom stereocenters. The first kappa shape index (κ1) is 32.8.